The topological polar surface area (TPSA) is 0 Å². The lowest BCUT2D eigenvalue weighted by molar-refractivity contribution is 0.456. The molecule has 1 aromatic rings. The fourth-order valence-corrected chi connectivity index (χ4v) is 2.79. The van der Waals surface area contributed by atoms with Crippen LogP contribution in [0.15, 0.2) is 30.3 Å². The van der Waals surface area contributed by atoms with E-state index >= 15 is 0 Å². The molecule has 0 unspecified atom stereocenters. The maximum atomic E-state index is 2.34. The first-order chi connectivity index (χ1) is 7.38. The van der Waals surface area contributed by atoms with Gasteiger partial charge in [-0.25, -0.2) is 0 Å². The van der Waals surface area contributed by atoms with Crippen LogP contribution in [0.25, 0.3) is 0 Å². The molecule has 0 saturated carbocycles. The standard InChI is InChI=1S/C14H21B/c1-2-13-8-10-15(11-9-13)12-14-6-4-3-5-7-14/h3-7,13H,2,8-12H2,1H3. The largest absolute Gasteiger partial charge is 0.144 e. The van der Waals surface area contributed by atoms with Gasteiger partial charge in [-0.05, 0) is 12.2 Å². The van der Waals surface area contributed by atoms with Gasteiger partial charge in [-0.1, -0.05) is 74.7 Å². The summed E-state index contributed by atoms with van der Waals surface area (Å²) in [5.74, 6) is 1.03. The molecule has 80 valence electrons. The summed E-state index contributed by atoms with van der Waals surface area (Å²) in [5, 5.41) is 0. The van der Waals surface area contributed by atoms with Gasteiger partial charge in [-0.2, -0.15) is 0 Å². The molecule has 0 atom stereocenters. The second-order valence-corrected chi connectivity index (χ2v) is 4.98. The van der Waals surface area contributed by atoms with E-state index < -0.39 is 0 Å². The van der Waals surface area contributed by atoms with Crippen molar-refractivity contribution in [3.05, 3.63) is 35.9 Å². The Labute approximate surface area is 94.2 Å². The van der Waals surface area contributed by atoms with Crippen molar-refractivity contribution in [3.63, 3.8) is 0 Å². The van der Waals surface area contributed by atoms with Gasteiger partial charge in [0.25, 0.3) is 0 Å². The number of hydrogen-bond donors (Lipinski definition) is 0. The highest BCUT2D eigenvalue weighted by molar-refractivity contribution is 6.58. The molecule has 1 aliphatic heterocycles. The summed E-state index contributed by atoms with van der Waals surface area (Å²) in [7, 11) is 0. The Bertz CT molecular complexity index is 273. The first-order valence-electron chi connectivity index (χ1n) is 6.42. The summed E-state index contributed by atoms with van der Waals surface area (Å²) in [5.41, 5.74) is 1.53. The van der Waals surface area contributed by atoms with E-state index in [0.29, 0.717) is 0 Å². The molecule has 1 fully saturated rings. The molecule has 1 aliphatic rings. The molecule has 0 nitrogen and oxygen atoms in total. The Morgan fingerprint density at radius 1 is 1.13 bits per heavy atom. The third-order valence-electron chi connectivity index (χ3n) is 3.91. The average Bonchev–Trinajstić information content (AvgIpc) is 2.31. The van der Waals surface area contributed by atoms with Crippen LogP contribution in [0.5, 0.6) is 0 Å². The van der Waals surface area contributed by atoms with Gasteiger partial charge in [0, 0.05) is 0 Å². The van der Waals surface area contributed by atoms with Crippen LogP contribution in [0.1, 0.15) is 31.7 Å². The van der Waals surface area contributed by atoms with Gasteiger partial charge < -0.3 is 0 Å². The van der Waals surface area contributed by atoms with Gasteiger partial charge in [0.2, 0.25) is 0 Å². The quantitative estimate of drug-likeness (QED) is 0.645. The highest BCUT2D eigenvalue weighted by Crippen LogP contribution is 2.28. The smallest absolute Gasteiger partial charge is 0.0736 e. The van der Waals surface area contributed by atoms with E-state index in [2.05, 4.69) is 37.3 Å². The molecule has 0 radical (unpaired) electrons. The van der Waals surface area contributed by atoms with Gasteiger partial charge in [-0.3, -0.25) is 0 Å². The predicted molar refractivity (Wildman–Crippen MR) is 68.5 cm³/mol. The summed E-state index contributed by atoms with van der Waals surface area (Å²) in [6, 6.07) is 11.0. The molecule has 15 heavy (non-hydrogen) atoms. The summed E-state index contributed by atoms with van der Waals surface area (Å²) in [4.78, 5) is 0. The van der Waals surface area contributed by atoms with Crippen molar-refractivity contribution in [1.29, 1.82) is 0 Å². The minimum atomic E-state index is 0.954. The van der Waals surface area contributed by atoms with E-state index in [1.165, 1.54) is 43.8 Å². The molecule has 0 aliphatic carbocycles. The Hall–Kier alpha value is -0.715. The van der Waals surface area contributed by atoms with Gasteiger partial charge in [0.1, 0.15) is 6.71 Å². The predicted octanol–water partition coefficient (Wildman–Crippen LogP) is 4.08. The molecule has 0 N–H and O–H groups in total. The van der Waals surface area contributed by atoms with Gasteiger partial charge in [0.15, 0.2) is 0 Å². The first-order valence-corrected chi connectivity index (χ1v) is 6.42. The fourth-order valence-electron chi connectivity index (χ4n) is 2.79. The third kappa shape index (κ3) is 3.12. The molecular weight excluding hydrogens is 179 g/mol. The number of benzene rings is 1. The Morgan fingerprint density at radius 2 is 1.80 bits per heavy atom. The number of hydrogen-bond acceptors (Lipinski definition) is 0. The van der Waals surface area contributed by atoms with Crippen LogP contribution < -0.4 is 0 Å². The molecule has 1 saturated heterocycles. The Morgan fingerprint density at radius 3 is 2.40 bits per heavy atom. The van der Waals surface area contributed by atoms with E-state index in [9.17, 15) is 0 Å². The molecule has 0 spiro atoms. The van der Waals surface area contributed by atoms with Crippen LogP contribution in [0.2, 0.25) is 12.6 Å². The molecule has 1 heteroatoms. The minimum Gasteiger partial charge on any atom is -0.0736 e. The normalized spacial score (nSPS) is 18.1. The van der Waals surface area contributed by atoms with Crippen molar-refractivity contribution in [2.75, 3.05) is 0 Å². The second kappa shape index (κ2) is 5.39. The van der Waals surface area contributed by atoms with Gasteiger partial charge in [-0.15, -0.1) is 0 Å². The van der Waals surface area contributed by atoms with Gasteiger partial charge in [0.05, 0.1) is 0 Å². The van der Waals surface area contributed by atoms with E-state index in [1.54, 1.807) is 0 Å². The highest BCUT2D eigenvalue weighted by Gasteiger charge is 2.22. The third-order valence-corrected chi connectivity index (χ3v) is 3.91. The molecule has 0 bridgehead atoms. The zero-order valence-corrected chi connectivity index (χ0v) is 9.78. The summed E-state index contributed by atoms with van der Waals surface area (Å²) < 4.78 is 0. The summed E-state index contributed by atoms with van der Waals surface area (Å²) >= 11 is 0. The van der Waals surface area contributed by atoms with Crippen LogP contribution in [0.4, 0.5) is 0 Å². The molecule has 0 amide bonds. The van der Waals surface area contributed by atoms with E-state index in [0.717, 1.165) is 12.6 Å². The van der Waals surface area contributed by atoms with Crippen molar-refractivity contribution in [3.8, 4) is 0 Å². The van der Waals surface area contributed by atoms with Crippen LogP contribution in [-0.2, 0) is 6.32 Å². The Kier molecular flexibility index (Phi) is 3.88. The van der Waals surface area contributed by atoms with Crippen LogP contribution in [-0.4, -0.2) is 6.71 Å². The molecular formula is C14H21B. The fraction of sp³-hybridized carbons (Fsp3) is 0.571. The maximum Gasteiger partial charge on any atom is 0.144 e. The summed E-state index contributed by atoms with van der Waals surface area (Å²) in [6.07, 6.45) is 8.53. The van der Waals surface area contributed by atoms with Gasteiger partial charge >= 0.3 is 0 Å². The lowest BCUT2D eigenvalue weighted by atomic mass is 9.38. The van der Waals surface area contributed by atoms with Crippen molar-refractivity contribution in [2.24, 2.45) is 5.92 Å². The minimum absolute atomic E-state index is 0.954. The van der Waals surface area contributed by atoms with E-state index in [1.807, 2.05) is 0 Å². The molecule has 2 rings (SSSR count). The lowest BCUT2D eigenvalue weighted by Gasteiger charge is -2.25. The SMILES string of the molecule is CCC1CCB(Cc2ccccc2)CC1. The first kappa shape index (κ1) is 10.8. The molecule has 0 aromatic heterocycles. The second-order valence-electron chi connectivity index (χ2n) is 4.98. The lowest BCUT2D eigenvalue weighted by Crippen LogP contribution is -2.23. The van der Waals surface area contributed by atoms with E-state index in [4.69, 9.17) is 0 Å². The van der Waals surface area contributed by atoms with Crippen LogP contribution >= 0.6 is 0 Å². The zero-order chi connectivity index (χ0) is 10.5. The summed E-state index contributed by atoms with van der Waals surface area (Å²) in [6.45, 7) is 3.29. The average molecular weight is 200 g/mol. The monoisotopic (exact) mass is 200 g/mol. The Balaban J connectivity index is 1.82. The zero-order valence-electron chi connectivity index (χ0n) is 9.78. The van der Waals surface area contributed by atoms with Crippen molar-refractivity contribution < 1.29 is 0 Å². The maximum absolute atomic E-state index is 2.34. The van der Waals surface area contributed by atoms with Crippen LogP contribution in [0.3, 0.4) is 0 Å². The molecule has 1 heterocycles. The van der Waals surface area contributed by atoms with Crippen molar-refractivity contribution in [1.82, 2.24) is 0 Å². The van der Waals surface area contributed by atoms with Crippen molar-refractivity contribution >= 4 is 6.71 Å². The highest BCUT2D eigenvalue weighted by atomic mass is 14.1. The number of rotatable bonds is 3. The van der Waals surface area contributed by atoms with E-state index in [-0.39, 0.29) is 0 Å². The molecule has 1 aromatic carbocycles. The van der Waals surface area contributed by atoms with Crippen molar-refractivity contribution in [2.45, 2.75) is 45.1 Å². The van der Waals surface area contributed by atoms with Crippen LogP contribution in [0, 0.1) is 5.92 Å².